The first-order valence-electron chi connectivity index (χ1n) is 1.96. The average Bonchev–Trinajstić information content (AvgIpc) is 1.65. The molecule has 0 aliphatic rings. The lowest BCUT2D eigenvalue weighted by Crippen LogP contribution is -2.20. The van der Waals surface area contributed by atoms with Gasteiger partial charge in [-0.1, -0.05) is 0 Å². The van der Waals surface area contributed by atoms with E-state index in [1.165, 1.54) is 0 Å². The first-order chi connectivity index (χ1) is 4.02. The highest BCUT2D eigenvalue weighted by Crippen LogP contribution is 2.15. The Kier molecular flexibility index (Phi) is 2.20. The number of aliphatic imine (C=N–C) groups is 1. The Labute approximate surface area is 49.6 Å². The van der Waals surface area contributed by atoms with E-state index in [2.05, 4.69) is 4.99 Å². The normalized spacial score (nSPS) is 13.0. The molecular weight excluding hydrogens is 133 g/mol. The maximum Gasteiger partial charge on any atom is 0.443 e. The molecule has 0 spiro atoms. The number of rotatable bonds is 0. The Hall–Kier alpha value is -1.05. The highest BCUT2D eigenvalue weighted by Gasteiger charge is 2.35. The van der Waals surface area contributed by atoms with Gasteiger partial charge in [0.2, 0.25) is 5.71 Å². The molecule has 5 heteroatoms. The third-order valence-electron chi connectivity index (χ3n) is 0.598. The van der Waals surface area contributed by atoms with Crippen LogP contribution < -0.4 is 0 Å². The molecule has 0 N–H and O–H groups in total. The van der Waals surface area contributed by atoms with Gasteiger partial charge in [-0.05, 0) is 0 Å². The molecule has 0 bridgehead atoms. The summed E-state index contributed by atoms with van der Waals surface area (Å²) in [5.74, 6) is 0. The first kappa shape index (κ1) is 7.95. The van der Waals surface area contributed by atoms with Crippen LogP contribution in [0.15, 0.2) is 4.99 Å². The Morgan fingerprint density at radius 3 is 2.00 bits per heavy atom. The predicted molar refractivity (Wildman–Crippen MR) is 25.0 cm³/mol. The zero-order chi connectivity index (χ0) is 7.49. The van der Waals surface area contributed by atoms with E-state index in [0.717, 1.165) is 13.1 Å². The van der Waals surface area contributed by atoms with Gasteiger partial charge in [0.25, 0.3) is 0 Å². The molecule has 2 nitrogen and oxygen atoms in total. The molecule has 0 radical (unpaired) electrons. The summed E-state index contributed by atoms with van der Waals surface area (Å²) in [6.45, 7) is 0. The molecule has 0 unspecified atom stereocenters. The minimum Gasteiger partial charge on any atom is -0.274 e. The lowest BCUT2D eigenvalue weighted by Gasteiger charge is -1.99. The van der Waals surface area contributed by atoms with Crippen LogP contribution in [0.4, 0.5) is 13.2 Å². The minimum atomic E-state index is -4.59. The second-order valence-electron chi connectivity index (χ2n) is 1.18. The topological polar surface area (TPSA) is 36.1 Å². The predicted octanol–water partition coefficient (Wildman–Crippen LogP) is 1.14. The molecule has 0 saturated heterocycles. The standard InChI is InChI=1S/C4H3F3N2/c1-9-3(2-8)4(5,6)7/h1H3. The first-order valence-corrected chi connectivity index (χ1v) is 1.96. The summed E-state index contributed by atoms with van der Waals surface area (Å²) in [7, 11) is 0.923. The highest BCUT2D eigenvalue weighted by atomic mass is 19.4. The lowest BCUT2D eigenvalue weighted by atomic mass is 10.4. The summed E-state index contributed by atoms with van der Waals surface area (Å²) in [4.78, 5) is 2.71. The Morgan fingerprint density at radius 1 is 1.56 bits per heavy atom. The zero-order valence-corrected chi connectivity index (χ0v) is 4.53. The van der Waals surface area contributed by atoms with Gasteiger partial charge in [0.05, 0.1) is 0 Å². The fourth-order valence-corrected chi connectivity index (χ4v) is 0.240. The van der Waals surface area contributed by atoms with Crippen LogP contribution in [-0.4, -0.2) is 18.9 Å². The van der Waals surface area contributed by atoms with Crippen molar-refractivity contribution >= 4 is 5.71 Å². The maximum atomic E-state index is 11.4. The average molecular weight is 136 g/mol. The number of hydrogen-bond acceptors (Lipinski definition) is 2. The fraction of sp³-hybridized carbons (Fsp3) is 0.500. The van der Waals surface area contributed by atoms with Crippen molar-refractivity contribution in [2.24, 2.45) is 4.99 Å². The van der Waals surface area contributed by atoms with E-state index in [0.29, 0.717) is 0 Å². The zero-order valence-electron chi connectivity index (χ0n) is 4.53. The molecule has 0 fully saturated rings. The quantitative estimate of drug-likeness (QED) is 0.460. The van der Waals surface area contributed by atoms with E-state index in [1.54, 1.807) is 0 Å². The van der Waals surface area contributed by atoms with Crippen molar-refractivity contribution in [2.75, 3.05) is 7.05 Å². The number of hydrogen-bond donors (Lipinski definition) is 0. The van der Waals surface area contributed by atoms with Crippen molar-refractivity contribution in [3.8, 4) is 6.07 Å². The van der Waals surface area contributed by atoms with E-state index in [1.807, 2.05) is 0 Å². The molecule has 0 heterocycles. The Bertz CT molecular complexity index is 162. The smallest absolute Gasteiger partial charge is 0.274 e. The van der Waals surface area contributed by atoms with Crippen molar-refractivity contribution in [3.63, 3.8) is 0 Å². The van der Waals surface area contributed by atoms with Gasteiger partial charge >= 0.3 is 6.18 Å². The van der Waals surface area contributed by atoms with Crippen LogP contribution >= 0.6 is 0 Å². The van der Waals surface area contributed by atoms with Crippen LogP contribution in [-0.2, 0) is 0 Å². The lowest BCUT2D eigenvalue weighted by molar-refractivity contribution is -0.0573. The third kappa shape index (κ3) is 2.13. The van der Waals surface area contributed by atoms with Gasteiger partial charge in [-0.25, -0.2) is 0 Å². The molecule has 0 atom stereocenters. The minimum absolute atomic E-state index is 0.917. The van der Waals surface area contributed by atoms with Gasteiger partial charge in [-0.3, -0.25) is 4.99 Å². The van der Waals surface area contributed by atoms with Crippen molar-refractivity contribution in [3.05, 3.63) is 0 Å². The summed E-state index contributed by atoms with van der Waals surface area (Å²) in [6, 6.07) is 0.917. The van der Waals surface area contributed by atoms with Crippen LogP contribution in [0.3, 0.4) is 0 Å². The maximum absolute atomic E-state index is 11.4. The molecule has 9 heavy (non-hydrogen) atoms. The van der Waals surface area contributed by atoms with Gasteiger partial charge in [-0.2, -0.15) is 18.4 Å². The molecule has 0 aliphatic carbocycles. The second kappa shape index (κ2) is 2.49. The van der Waals surface area contributed by atoms with Gasteiger partial charge < -0.3 is 0 Å². The SMILES string of the molecule is CN=C(C#N)C(F)(F)F. The summed E-state index contributed by atoms with van der Waals surface area (Å²) < 4.78 is 34.1. The number of nitriles is 1. The molecule has 0 aromatic rings. The van der Waals surface area contributed by atoms with E-state index >= 15 is 0 Å². The van der Waals surface area contributed by atoms with Crippen LogP contribution in [0, 0.1) is 11.3 Å². The number of halogens is 3. The second-order valence-corrected chi connectivity index (χ2v) is 1.18. The number of nitrogens with zero attached hydrogens (tertiary/aromatic N) is 2. The third-order valence-corrected chi connectivity index (χ3v) is 0.598. The molecule has 0 aromatic carbocycles. The Morgan fingerprint density at radius 2 is 2.00 bits per heavy atom. The molecular formula is C4H3F3N2. The molecule has 0 amide bonds. The summed E-state index contributed by atoms with van der Waals surface area (Å²) in [6.07, 6.45) is -4.59. The summed E-state index contributed by atoms with van der Waals surface area (Å²) in [5.41, 5.74) is -1.40. The summed E-state index contributed by atoms with van der Waals surface area (Å²) >= 11 is 0. The van der Waals surface area contributed by atoms with Crippen molar-refractivity contribution in [1.29, 1.82) is 5.26 Å². The van der Waals surface area contributed by atoms with E-state index in [9.17, 15) is 13.2 Å². The molecule has 0 rings (SSSR count). The molecule has 50 valence electrons. The van der Waals surface area contributed by atoms with E-state index < -0.39 is 11.9 Å². The highest BCUT2D eigenvalue weighted by molar-refractivity contribution is 6.02. The van der Waals surface area contributed by atoms with Gasteiger partial charge in [0.1, 0.15) is 6.07 Å². The van der Waals surface area contributed by atoms with Crippen LogP contribution in [0.2, 0.25) is 0 Å². The van der Waals surface area contributed by atoms with E-state index in [-0.39, 0.29) is 0 Å². The van der Waals surface area contributed by atoms with Crippen molar-refractivity contribution in [2.45, 2.75) is 6.18 Å². The van der Waals surface area contributed by atoms with Gasteiger partial charge in [0.15, 0.2) is 0 Å². The largest absolute Gasteiger partial charge is 0.443 e. The monoisotopic (exact) mass is 136 g/mol. The van der Waals surface area contributed by atoms with Gasteiger partial charge in [0, 0.05) is 7.05 Å². The van der Waals surface area contributed by atoms with Crippen LogP contribution in [0.5, 0.6) is 0 Å². The van der Waals surface area contributed by atoms with Crippen molar-refractivity contribution in [1.82, 2.24) is 0 Å². The number of alkyl halides is 3. The molecule has 0 aliphatic heterocycles. The Balaban J connectivity index is 4.39. The van der Waals surface area contributed by atoms with E-state index in [4.69, 9.17) is 5.26 Å². The van der Waals surface area contributed by atoms with Crippen molar-refractivity contribution < 1.29 is 13.2 Å². The van der Waals surface area contributed by atoms with Gasteiger partial charge in [-0.15, -0.1) is 0 Å². The van der Waals surface area contributed by atoms with Crippen LogP contribution in [0.25, 0.3) is 0 Å². The summed E-state index contributed by atoms with van der Waals surface area (Å²) in [5, 5.41) is 7.76. The molecule has 0 aromatic heterocycles. The van der Waals surface area contributed by atoms with Crippen LogP contribution in [0.1, 0.15) is 0 Å². The fourth-order valence-electron chi connectivity index (χ4n) is 0.240. The molecule has 0 saturated carbocycles.